The Kier molecular flexibility index (Phi) is 3.67. The highest BCUT2D eigenvalue weighted by Crippen LogP contribution is 2.20. The Morgan fingerprint density at radius 1 is 1.32 bits per heavy atom. The minimum Gasteiger partial charge on any atom is -0.338 e. The number of sulfone groups is 1. The molecule has 0 N–H and O–H groups in total. The second-order valence-corrected chi connectivity index (χ2v) is 7.52. The van der Waals surface area contributed by atoms with Crippen LogP contribution in [0.2, 0.25) is 0 Å². The number of hydrogen-bond donors (Lipinski definition) is 0. The normalized spacial score (nSPS) is 21.3. The van der Waals surface area contributed by atoms with E-state index in [2.05, 4.69) is 0 Å². The maximum absolute atomic E-state index is 12.4. The van der Waals surface area contributed by atoms with E-state index in [9.17, 15) is 13.2 Å². The van der Waals surface area contributed by atoms with Gasteiger partial charge in [-0.25, -0.2) is 8.42 Å². The molecule has 0 aromatic heterocycles. The Balaban J connectivity index is 2.22. The topological polar surface area (TPSA) is 54.5 Å². The standard InChI is InChI=1S/C14H19NO3S/c1-10-4-5-11(2)13(8-10)14(16)15(3)12-6-7-19(17,18)9-12/h4-5,8,12H,6-7,9H2,1-3H3. The molecule has 0 saturated carbocycles. The number of carbonyl (C=O) groups excluding carboxylic acids is 1. The summed E-state index contributed by atoms with van der Waals surface area (Å²) in [6.45, 7) is 3.84. The number of benzene rings is 1. The van der Waals surface area contributed by atoms with Gasteiger partial charge >= 0.3 is 0 Å². The third-order valence-electron chi connectivity index (χ3n) is 3.70. The molecule has 1 saturated heterocycles. The van der Waals surface area contributed by atoms with Crippen LogP contribution in [0.15, 0.2) is 18.2 Å². The molecule has 1 heterocycles. The molecule has 4 nitrogen and oxygen atoms in total. The maximum atomic E-state index is 12.4. The summed E-state index contributed by atoms with van der Waals surface area (Å²) in [5.41, 5.74) is 2.61. The van der Waals surface area contributed by atoms with Crippen molar-refractivity contribution in [2.24, 2.45) is 0 Å². The van der Waals surface area contributed by atoms with E-state index in [1.54, 1.807) is 11.9 Å². The van der Waals surface area contributed by atoms with Crippen LogP contribution in [0, 0.1) is 13.8 Å². The highest BCUT2D eigenvalue weighted by atomic mass is 32.2. The molecule has 1 atom stereocenters. The van der Waals surface area contributed by atoms with Gasteiger partial charge in [0.15, 0.2) is 9.84 Å². The molecule has 1 aliphatic rings. The van der Waals surface area contributed by atoms with Crippen LogP contribution < -0.4 is 0 Å². The van der Waals surface area contributed by atoms with E-state index in [1.165, 1.54) is 0 Å². The Labute approximate surface area is 114 Å². The highest BCUT2D eigenvalue weighted by molar-refractivity contribution is 7.91. The fourth-order valence-corrected chi connectivity index (χ4v) is 4.18. The summed E-state index contributed by atoms with van der Waals surface area (Å²) in [6, 6.07) is 5.54. The number of hydrogen-bond acceptors (Lipinski definition) is 3. The van der Waals surface area contributed by atoms with Gasteiger partial charge in [0.05, 0.1) is 11.5 Å². The van der Waals surface area contributed by atoms with Crippen LogP contribution in [0.4, 0.5) is 0 Å². The van der Waals surface area contributed by atoms with Crippen LogP contribution in [-0.2, 0) is 9.84 Å². The lowest BCUT2D eigenvalue weighted by Crippen LogP contribution is -2.38. The van der Waals surface area contributed by atoms with Crippen molar-refractivity contribution in [3.63, 3.8) is 0 Å². The third-order valence-corrected chi connectivity index (χ3v) is 5.45. The zero-order valence-electron chi connectivity index (χ0n) is 11.5. The van der Waals surface area contributed by atoms with E-state index in [0.29, 0.717) is 12.0 Å². The lowest BCUT2D eigenvalue weighted by atomic mass is 10.0. The van der Waals surface area contributed by atoms with Crippen LogP contribution in [-0.4, -0.2) is 43.8 Å². The number of nitrogens with zero attached hydrogens (tertiary/aromatic N) is 1. The molecular formula is C14H19NO3S. The van der Waals surface area contributed by atoms with Crippen molar-refractivity contribution < 1.29 is 13.2 Å². The summed E-state index contributed by atoms with van der Waals surface area (Å²) in [6.07, 6.45) is 0.537. The van der Waals surface area contributed by atoms with E-state index < -0.39 is 9.84 Å². The Morgan fingerprint density at radius 3 is 2.58 bits per heavy atom. The summed E-state index contributed by atoms with van der Waals surface area (Å²) in [7, 11) is -1.28. The molecule has 0 radical (unpaired) electrons. The van der Waals surface area contributed by atoms with Crippen molar-refractivity contribution in [1.82, 2.24) is 4.90 Å². The summed E-state index contributed by atoms with van der Waals surface area (Å²) < 4.78 is 23.0. The zero-order valence-corrected chi connectivity index (χ0v) is 12.3. The van der Waals surface area contributed by atoms with Crippen molar-refractivity contribution in [1.29, 1.82) is 0 Å². The SMILES string of the molecule is Cc1ccc(C)c(C(=O)N(C)C2CCS(=O)(=O)C2)c1. The third kappa shape index (κ3) is 2.97. The van der Waals surface area contributed by atoms with E-state index >= 15 is 0 Å². The number of rotatable bonds is 2. The lowest BCUT2D eigenvalue weighted by molar-refractivity contribution is 0.0747. The molecule has 1 unspecified atom stereocenters. The summed E-state index contributed by atoms with van der Waals surface area (Å²) in [4.78, 5) is 14.0. The van der Waals surface area contributed by atoms with Gasteiger partial charge < -0.3 is 4.90 Å². The average Bonchev–Trinajstić information content (AvgIpc) is 2.71. The van der Waals surface area contributed by atoms with Crippen molar-refractivity contribution in [2.75, 3.05) is 18.6 Å². The number of aryl methyl sites for hydroxylation is 2. The molecule has 2 rings (SSSR count). The van der Waals surface area contributed by atoms with Crippen LogP contribution in [0.1, 0.15) is 27.9 Å². The first-order chi connectivity index (χ1) is 8.80. The lowest BCUT2D eigenvalue weighted by Gasteiger charge is -2.24. The smallest absolute Gasteiger partial charge is 0.254 e. The minimum absolute atomic E-state index is 0.0834. The monoisotopic (exact) mass is 281 g/mol. The van der Waals surface area contributed by atoms with Crippen LogP contribution >= 0.6 is 0 Å². The largest absolute Gasteiger partial charge is 0.338 e. The zero-order chi connectivity index (χ0) is 14.2. The van der Waals surface area contributed by atoms with Gasteiger partial charge in [0.1, 0.15) is 0 Å². The summed E-state index contributed by atoms with van der Waals surface area (Å²) in [5, 5.41) is 0. The molecule has 5 heteroatoms. The van der Waals surface area contributed by atoms with Crippen LogP contribution in [0.25, 0.3) is 0 Å². The molecule has 0 aliphatic carbocycles. The minimum atomic E-state index is -2.97. The van der Waals surface area contributed by atoms with Gasteiger partial charge in [-0.3, -0.25) is 4.79 Å². The fourth-order valence-electron chi connectivity index (χ4n) is 2.40. The number of amides is 1. The van der Waals surface area contributed by atoms with Crippen molar-refractivity contribution in [3.05, 3.63) is 34.9 Å². The van der Waals surface area contributed by atoms with E-state index in [4.69, 9.17) is 0 Å². The maximum Gasteiger partial charge on any atom is 0.254 e. The second-order valence-electron chi connectivity index (χ2n) is 5.29. The van der Waals surface area contributed by atoms with Gasteiger partial charge in [0.2, 0.25) is 0 Å². The molecule has 0 spiro atoms. The summed E-state index contributed by atoms with van der Waals surface area (Å²) in [5.74, 6) is 0.172. The van der Waals surface area contributed by atoms with Crippen molar-refractivity contribution in [3.8, 4) is 0 Å². The van der Waals surface area contributed by atoms with E-state index in [-0.39, 0.29) is 23.5 Å². The first kappa shape index (κ1) is 14.1. The second kappa shape index (κ2) is 4.96. The van der Waals surface area contributed by atoms with Gasteiger partial charge in [-0.2, -0.15) is 0 Å². The van der Waals surface area contributed by atoms with Crippen LogP contribution in [0.5, 0.6) is 0 Å². The van der Waals surface area contributed by atoms with Crippen molar-refractivity contribution in [2.45, 2.75) is 26.3 Å². The van der Waals surface area contributed by atoms with Crippen LogP contribution in [0.3, 0.4) is 0 Å². The molecule has 104 valence electrons. The predicted molar refractivity (Wildman–Crippen MR) is 75.1 cm³/mol. The molecule has 19 heavy (non-hydrogen) atoms. The molecule has 0 bridgehead atoms. The molecule has 1 fully saturated rings. The van der Waals surface area contributed by atoms with Gasteiger partial charge in [-0.1, -0.05) is 17.7 Å². The quantitative estimate of drug-likeness (QED) is 0.826. The molecule has 1 aromatic carbocycles. The van der Waals surface area contributed by atoms with Gasteiger partial charge in [0.25, 0.3) is 5.91 Å². The van der Waals surface area contributed by atoms with Gasteiger partial charge in [-0.15, -0.1) is 0 Å². The van der Waals surface area contributed by atoms with Gasteiger partial charge in [-0.05, 0) is 31.9 Å². The number of carbonyl (C=O) groups is 1. The van der Waals surface area contributed by atoms with Crippen molar-refractivity contribution >= 4 is 15.7 Å². The van der Waals surface area contributed by atoms with E-state index in [1.807, 2.05) is 32.0 Å². The summed E-state index contributed by atoms with van der Waals surface area (Å²) >= 11 is 0. The average molecular weight is 281 g/mol. The molecule has 1 aromatic rings. The first-order valence-electron chi connectivity index (χ1n) is 6.35. The molecular weight excluding hydrogens is 262 g/mol. The Bertz CT molecular complexity index is 607. The fraction of sp³-hybridized carbons (Fsp3) is 0.500. The van der Waals surface area contributed by atoms with Gasteiger partial charge in [0, 0.05) is 18.7 Å². The predicted octanol–water partition coefficient (Wildman–Crippen LogP) is 1.56. The molecule has 1 amide bonds. The van der Waals surface area contributed by atoms with E-state index in [0.717, 1.165) is 11.1 Å². The molecule has 1 aliphatic heterocycles. The highest BCUT2D eigenvalue weighted by Gasteiger charge is 2.33. The first-order valence-corrected chi connectivity index (χ1v) is 8.17. The Hall–Kier alpha value is -1.36. The Morgan fingerprint density at radius 2 is 2.00 bits per heavy atom.